The van der Waals surface area contributed by atoms with Gasteiger partial charge >= 0.3 is 11.9 Å². The molecule has 0 N–H and O–H groups in total. The Bertz CT molecular complexity index is 651. The molecule has 0 saturated carbocycles. The van der Waals surface area contributed by atoms with Crippen LogP contribution in [0.2, 0.25) is 0 Å². The summed E-state index contributed by atoms with van der Waals surface area (Å²) in [5.41, 5.74) is 0.362. The van der Waals surface area contributed by atoms with E-state index < -0.39 is 11.9 Å². The van der Waals surface area contributed by atoms with Gasteiger partial charge in [-0.25, -0.2) is 9.59 Å². The molecule has 0 aliphatic heterocycles. The monoisotopic (exact) mass is 330 g/mol. The summed E-state index contributed by atoms with van der Waals surface area (Å²) in [6.07, 6.45) is 0. The van der Waals surface area contributed by atoms with Gasteiger partial charge in [0.05, 0.1) is 5.56 Å². The fourth-order valence-electron chi connectivity index (χ4n) is 1.83. The van der Waals surface area contributed by atoms with Crippen LogP contribution in [0.15, 0.2) is 54.6 Å². The first-order valence-electron chi connectivity index (χ1n) is 7.33. The van der Waals surface area contributed by atoms with E-state index in [1.165, 1.54) is 31.4 Å². The van der Waals surface area contributed by atoms with Gasteiger partial charge in [-0.05, 0) is 36.4 Å². The van der Waals surface area contributed by atoms with Gasteiger partial charge in [-0.15, -0.1) is 0 Å². The third-order valence-corrected chi connectivity index (χ3v) is 2.91. The molecule has 6 nitrogen and oxygen atoms in total. The number of para-hydroxylation sites is 1. The normalized spacial score (nSPS) is 10.0. The number of rotatable bonds is 8. The summed E-state index contributed by atoms with van der Waals surface area (Å²) in [7, 11) is 1.40. The average Bonchev–Trinajstić information content (AvgIpc) is 2.60. The zero-order chi connectivity index (χ0) is 17.2. The summed E-state index contributed by atoms with van der Waals surface area (Å²) in [6, 6.07) is 15.4. The van der Waals surface area contributed by atoms with E-state index in [1.807, 2.05) is 30.3 Å². The van der Waals surface area contributed by atoms with E-state index in [4.69, 9.17) is 14.2 Å². The minimum Gasteiger partial charge on any atom is -0.490 e. The number of carbonyl (C=O) groups is 2. The standard InChI is InChI=1S/C18H18O6/c1-21-13-17(19)24-16-9-7-14(8-10-16)18(20)23-12-11-22-15-5-3-2-4-6-15/h2-10H,11-13H2,1H3. The largest absolute Gasteiger partial charge is 0.490 e. The summed E-state index contributed by atoms with van der Waals surface area (Å²) in [6.45, 7) is 0.270. The molecule has 0 spiro atoms. The SMILES string of the molecule is COCC(=O)Oc1ccc(C(=O)OCCOc2ccccc2)cc1. The molecule has 0 saturated heterocycles. The quantitative estimate of drug-likeness (QED) is 0.421. The fraction of sp³-hybridized carbons (Fsp3) is 0.222. The molecule has 0 aliphatic carbocycles. The van der Waals surface area contributed by atoms with Gasteiger partial charge in [-0.1, -0.05) is 18.2 Å². The maximum absolute atomic E-state index is 11.9. The Balaban J connectivity index is 1.75. The number of hydrogen-bond donors (Lipinski definition) is 0. The molecule has 0 radical (unpaired) electrons. The zero-order valence-corrected chi connectivity index (χ0v) is 13.3. The summed E-state index contributed by atoms with van der Waals surface area (Å²) < 4.78 is 20.2. The van der Waals surface area contributed by atoms with Gasteiger partial charge in [-0.2, -0.15) is 0 Å². The zero-order valence-electron chi connectivity index (χ0n) is 13.3. The van der Waals surface area contributed by atoms with Crippen molar-refractivity contribution < 1.29 is 28.5 Å². The highest BCUT2D eigenvalue weighted by atomic mass is 16.6. The Labute approximate surface area is 139 Å². The third-order valence-electron chi connectivity index (χ3n) is 2.91. The molecule has 0 amide bonds. The second-order valence-corrected chi connectivity index (χ2v) is 4.73. The molecule has 0 aromatic heterocycles. The van der Waals surface area contributed by atoms with Gasteiger partial charge in [0.2, 0.25) is 0 Å². The van der Waals surface area contributed by atoms with Crippen molar-refractivity contribution in [3.63, 3.8) is 0 Å². The molecule has 2 aromatic carbocycles. The van der Waals surface area contributed by atoms with E-state index in [0.717, 1.165) is 5.75 Å². The lowest BCUT2D eigenvalue weighted by Crippen LogP contribution is -2.14. The third kappa shape index (κ3) is 5.73. The first-order valence-corrected chi connectivity index (χ1v) is 7.33. The van der Waals surface area contributed by atoms with Crippen LogP contribution in [0, 0.1) is 0 Å². The lowest BCUT2D eigenvalue weighted by Gasteiger charge is -2.08. The molecule has 0 unspecified atom stereocenters. The molecule has 0 heterocycles. The highest BCUT2D eigenvalue weighted by Crippen LogP contribution is 2.13. The maximum atomic E-state index is 11.9. The fourth-order valence-corrected chi connectivity index (χ4v) is 1.83. The maximum Gasteiger partial charge on any atom is 0.338 e. The van der Waals surface area contributed by atoms with Crippen LogP contribution in [0.4, 0.5) is 0 Å². The highest BCUT2D eigenvalue weighted by molar-refractivity contribution is 5.89. The minimum atomic E-state index is -0.508. The van der Waals surface area contributed by atoms with Crippen LogP contribution < -0.4 is 9.47 Å². The second kappa shape index (κ2) is 9.32. The summed E-state index contributed by atoms with van der Waals surface area (Å²) >= 11 is 0. The lowest BCUT2D eigenvalue weighted by molar-refractivity contribution is -0.138. The van der Waals surface area contributed by atoms with E-state index in [2.05, 4.69) is 4.74 Å². The lowest BCUT2D eigenvalue weighted by atomic mass is 10.2. The molecule has 24 heavy (non-hydrogen) atoms. The number of ether oxygens (including phenoxy) is 4. The van der Waals surface area contributed by atoms with Crippen molar-refractivity contribution in [1.82, 2.24) is 0 Å². The van der Waals surface area contributed by atoms with Crippen LogP contribution in [-0.4, -0.2) is 38.9 Å². The van der Waals surface area contributed by atoms with E-state index in [1.54, 1.807) is 0 Å². The van der Waals surface area contributed by atoms with Gasteiger partial charge in [0, 0.05) is 7.11 Å². The van der Waals surface area contributed by atoms with Crippen molar-refractivity contribution in [1.29, 1.82) is 0 Å². The molecule has 6 heteroatoms. The topological polar surface area (TPSA) is 71.1 Å². The van der Waals surface area contributed by atoms with Crippen LogP contribution in [0.25, 0.3) is 0 Å². The van der Waals surface area contributed by atoms with Gasteiger partial charge in [0.15, 0.2) is 0 Å². The molecular weight excluding hydrogens is 312 g/mol. The molecule has 126 valence electrons. The number of benzene rings is 2. The molecule has 0 aliphatic rings. The summed E-state index contributed by atoms with van der Waals surface area (Å²) in [5, 5.41) is 0. The first kappa shape index (κ1) is 17.5. The number of carbonyl (C=O) groups excluding carboxylic acids is 2. The van der Waals surface area contributed by atoms with Crippen molar-refractivity contribution >= 4 is 11.9 Å². The Morgan fingerprint density at radius 1 is 0.875 bits per heavy atom. The smallest absolute Gasteiger partial charge is 0.338 e. The van der Waals surface area contributed by atoms with E-state index >= 15 is 0 Å². The number of methoxy groups -OCH3 is 1. The molecular formula is C18H18O6. The Morgan fingerprint density at radius 2 is 1.58 bits per heavy atom. The summed E-state index contributed by atoms with van der Waals surface area (Å²) in [5.74, 6) is 0.0732. The number of esters is 2. The van der Waals surface area contributed by atoms with Crippen molar-refractivity contribution in [2.24, 2.45) is 0 Å². The van der Waals surface area contributed by atoms with Crippen LogP contribution in [-0.2, 0) is 14.3 Å². The van der Waals surface area contributed by atoms with Crippen molar-refractivity contribution in [3.8, 4) is 11.5 Å². The highest BCUT2D eigenvalue weighted by Gasteiger charge is 2.09. The molecule has 0 bridgehead atoms. The molecule has 2 rings (SSSR count). The van der Waals surface area contributed by atoms with Crippen LogP contribution in [0.3, 0.4) is 0 Å². The van der Waals surface area contributed by atoms with Gasteiger partial charge < -0.3 is 18.9 Å². The Kier molecular flexibility index (Phi) is 6.79. The van der Waals surface area contributed by atoms with Crippen molar-refractivity contribution in [2.75, 3.05) is 26.9 Å². The molecule has 2 aromatic rings. The van der Waals surface area contributed by atoms with Crippen LogP contribution in [0.5, 0.6) is 11.5 Å². The average molecular weight is 330 g/mol. The van der Waals surface area contributed by atoms with Crippen molar-refractivity contribution in [3.05, 3.63) is 60.2 Å². The minimum absolute atomic E-state index is 0.134. The molecule has 0 atom stereocenters. The van der Waals surface area contributed by atoms with E-state index in [-0.39, 0.29) is 19.8 Å². The predicted molar refractivity (Wildman–Crippen MR) is 86.2 cm³/mol. The second-order valence-electron chi connectivity index (χ2n) is 4.73. The summed E-state index contributed by atoms with van der Waals surface area (Å²) in [4.78, 5) is 23.2. The Hall–Kier alpha value is -2.86. The van der Waals surface area contributed by atoms with Gasteiger partial charge in [-0.3, -0.25) is 0 Å². The van der Waals surface area contributed by atoms with Gasteiger partial charge in [0.25, 0.3) is 0 Å². The van der Waals surface area contributed by atoms with Gasteiger partial charge in [0.1, 0.15) is 31.3 Å². The predicted octanol–water partition coefficient (Wildman–Crippen LogP) is 2.47. The first-order chi connectivity index (χ1) is 11.7. The van der Waals surface area contributed by atoms with Crippen LogP contribution >= 0.6 is 0 Å². The Morgan fingerprint density at radius 3 is 2.25 bits per heavy atom. The number of hydrogen-bond acceptors (Lipinski definition) is 6. The molecule has 0 fully saturated rings. The van der Waals surface area contributed by atoms with E-state index in [0.29, 0.717) is 11.3 Å². The van der Waals surface area contributed by atoms with Crippen LogP contribution in [0.1, 0.15) is 10.4 Å². The van der Waals surface area contributed by atoms with Crippen molar-refractivity contribution in [2.45, 2.75) is 0 Å². The van der Waals surface area contributed by atoms with E-state index in [9.17, 15) is 9.59 Å².